The lowest BCUT2D eigenvalue weighted by Crippen LogP contribution is -2.47. The third-order valence-electron chi connectivity index (χ3n) is 2.86. The Kier molecular flexibility index (Phi) is 8.21. The van der Waals surface area contributed by atoms with E-state index in [-0.39, 0.29) is 24.1 Å². The molecule has 96 valence electrons. The van der Waals surface area contributed by atoms with Crippen LogP contribution in [0.1, 0.15) is 47.0 Å². The molecule has 16 heavy (non-hydrogen) atoms. The fourth-order valence-corrected chi connectivity index (χ4v) is 1.37. The highest BCUT2D eigenvalue weighted by Gasteiger charge is 2.15. The summed E-state index contributed by atoms with van der Waals surface area (Å²) in [6, 6.07) is 0.00893. The molecule has 2 unspecified atom stereocenters. The summed E-state index contributed by atoms with van der Waals surface area (Å²) in [6.07, 6.45) is 2.23. The Labute approximate surface area is 98.8 Å². The van der Waals surface area contributed by atoms with Gasteiger partial charge in [0, 0.05) is 12.6 Å². The van der Waals surface area contributed by atoms with Crippen molar-refractivity contribution in [3.63, 3.8) is 0 Å². The van der Waals surface area contributed by atoms with Crippen LogP contribution in [0.25, 0.3) is 0 Å². The molecule has 0 rings (SSSR count). The monoisotopic (exact) mass is 230 g/mol. The molecule has 0 aromatic rings. The molecule has 0 aliphatic carbocycles. The van der Waals surface area contributed by atoms with Gasteiger partial charge < -0.3 is 15.7 Å². The lowest BCUT2D eigenvalue weighted by molar-refractivity contribution is -0.123. The van der Waals surface area contributed by atoms with E-state index >= 15 is 0 Å². The first-order valence-corrected chi connectivity index (χ1v) is 6.26. The van der Waals surface area contributed by atoms with Gasteiger partial charge in [0.1, 0.15) is 0 Å². The number of hydrogen-bond donors (Lipinski definition) is 3. The third kappa shape index (κ3) is 6.08. The highest BCUT2D eigenvalue weighted by atomic mass is 16.3. The van der Waals surface area contributed by atoms with Gasteiger partial charge in [-0.1, -0.05) is 20.8 Å². The van der Waals surface area contributed by atoms with Crippen molar-refractivity contribution in [2.75, 3.05) is 6.54 Å². The van der Waals surface area contributed by atoms with Crippen LogP contribution in [0.2, 0.25) is 0 Å². The topological polar surface area (TPSA) is 61.4 Å². The lowest BCUT2D eigenvalue weighted by Gasteiger charge is -2.20. The molecule has 0 saturated heterocycles. The van der Waals surface area contributed by atoms with Gasteiger partial charge in [0.15, 0.2) is 0 Å². The number of rotatable bonds is 8. The minimum Gasteiger partial charge on any atom is -0.392 e. The highest BCUT2D eigenvalue weighted by molar-refractivity contribution is 5.81. The summed E-state index contributed by atoms with van der Waals surface area (Å²) in [5.41, 5.74) is 0. The van der Waals surface area contributed by atoms with Gasteiger partial charge >= 0.3 is 0 Å². The van der Waals surface area contributed by atoms with Crippen LogP contribution in [0.15, 0.2) is 0 Å². The van der Waals surface area contributed by atoms with Crippen LogP contribution < -0.4 is 10.6 Å². The van der Waals surface area contributed by atoms with Crippen molar-refractivity contribution in [1.29, 1.82) is 0 Å². The number of carbonyl (C=O) groups excluding carboxylic acids is 1. The molecule has 0 aliphatic rings. The van der Waals surface area contributed by atoms with Crippen molar-refractivity contribution < 1.29 is 9.90 Å². The molecule has 3 N–H and O–H groups in total. The zero-order valence-corrected chi connectivity index (χ0v) is 10.9. The summed E-state index contributed by atoms with van der Waals surface area (Å²) in [5, 5.41) is 15.4. The van der Waals surface area contributed by atoms with Gasteiger partial charge in [-0.25, -0.2) is 0 Å². The average molecular weight is 230 g/mol. The molecule has 0 aromatic carbocycles. The van der Waals surface area contributed by atoms with Crippen LogP contribution >= 0.6 is 0 Å². The summed E-state index contributed by atoms with van der Waals surface area (Å²) in [6.45, 7) is 8.33. The SMILES string of the molecule is CCC(O)CNC(C)C(=O)NC(CC)CC. The van der Waals surface area contributed by atoms with Crippen LogP contribution in [-0.4, -0.2) is 35.7 Å². The first-order chi connectivity index (χ1) is 7.54. The Bertz CT molecular complexity index is 193. The Hall–Kier alpha value is -0.610. The molecule has 0 aromatic heterocycles. The van der Waals surface area contributed by atoms with Gasteiger partial charge in [0.25, 0.3) is 0 Å². The van der Waals surface area contributed by atoms with Crippen LogP contribution in [0, 0.1) is 0 Å². The summed E-state index contributed by atoms with van der Waals surface area (Å²) < 4.78 is 0. The molecule has 0 radical (unpaired) electrons. The normalized spacial score (nSPS) is 14.9. The predicted octanol–water partition coefficient (Wildman–Crippen LogP) is 1.04. The van der Waals surface area contributed by atoms with Crippen molar-refractivity contribution in [2.24, 2.45) is 0 Å². The van der Waals surface area contributed by atoms with Crippen molar-refractivity contribution >= 4 is 5.91 Å². The molecule has 0 bridgehead atoms. The molecular weight excluding hydrogens is 204 g/mol. The molecule has 0 saturated carbocycles. The molecule has 4 nitrogen and oxygen atoms in total. The fourth-order valence-electron chi connectivity index (χ4n) is 1.37. The fraction of sp³-hybridized carbons (Fsp3) is 0.917. The number of nitrogens with one attached hydrogen (secondary N) is 2. The van der Waals surface area contributed by atoms with Gasteiger partial charge in [-0.2, -0.15) is 0 Å². The summed E-state index contributed by atoms with van der Waals surface area (Å²) in [7, 11) is 0. The number of aliphatic hydroxyl groups excluding tert-OH is 1. The van der Waals surface area contributed by atoms with Crippen molar-refractivity contribution in [3.05, 3.63) is 0 Å². The van der Waals surface area contributed by atoms with Gasteiger partial charge in [0.05, 0.1) is 12.1 Å². The zero-order valence-electron chi connectivity index (χ0n) is 10.9. The first-order valence-electron chi connectivity index (χ1n) is 6.26. The van der Waals surface area contributed by atoms with E-state index in [1.54, 1.807) is 0 Å². The molecule has 0 spiro atoms. The second-order valence-electron chi connectivity index (χ2n) is 4.21. The molecule has 2 atom stereocenters. The maximum absolute atomic E-state index is 11.7. The summed E-state index contributed by atoms with van der Waals surface area (Å²) in [4.78, 5) is 11.7. The Balaban J connectivity index is 3.89. The van der Waals surface area contributed by atoms with E-state index in [4.69, 9.17) is 0 Å². The number of aliphatic hydroxyl groups is 1. The minimum atomic E-state index is -0.372. The zero-order chi connectivity index (χ0) is 12.6. The van der Waals surface area contributed by atoms with Gasteiger partial charge in [0.2, 0.25) is 5.91 Å². The first kappa shape index (κ1) is 15.4. The minimum absolute atomic E-state index is 0.0111. The van der Waals surface area contributed by atoms with Crippen molar-refractivity contribution in [3.8, 4) is 0 Å². The maximum atomic E-state index is 11.7. The molecule has 4 heteroatoms. The molecule has 0 heterocycles. The molecule has 0 fully saturated rings. The smallest absolute Gasteiger partial charge is 0.237 e. The molecule has 1 amide bonds. The summed E-state index contributed by atoms with van der Waals surface area (Å²) in [5.74, 6) is 0.0111. The van der Waals surface area contributed by atoms with E-state index in [1.165, 1.54) is 0 Å². The molecular formula is C12H26N2O2. The largest absolute Gasteiger partial charge is 0.392 e. The van der Waals surface area contributed by atoms with E-state index in [2.05, 4.69) is 24.5 Å². The van der Waals surface area contributed by atoms with Gasteiger partial charge in [-0.3, -0.25) is 4.79 Å². The van der Waals surface area contributed by atoms with E-state index in [0.717, 1.165) is 12.8 Å². The van der Waals surface area contributed by atoms with Crippen LogP contribution in [0.3, 0.4) is 0 Å². The van der Waals surface area contributed by atoms with Gasteiger partial charge in [-0.05, 0) is 26.2 Å². The number of carbonyl (C=O) groups is 1. The number of hydrogen-bond acceptors (Lipinski definition) is 3. The highest BCUT2D eigenvalue weighted by Crippen LogP contribution is 1.97. The standard InChI is InChI=1S/C12H26N2O2/c1-5-10(6-2)14-12(16)9(4)13-8-11(15)7-3/h9-11,13,15H,5-8H2,1-4H3,(H,14,16). The van der Waals surface area contributed by atoms with Crippen LogP contribution in [0.4, 0.5) is 0 Å². The summed E-state index contributed by atoms with van der Waals surface area (Å²) >= 11 is 0. The Morgan fingerprint density at radius 1 is 1.19 bits per heavy atom. The van der Waals surface area contributed by atoms with E-state index < -0.39 is 0 Å². The average Bonchev–Trinajstić information content (AvgIpc) is 2.31. The maximum Gasteiger partial charge on any atom is 0.237 e. The Morgan fingerprint density at radius 3 is 2.19 bits per heavy atom. The quantitative estimate of drug-likeness (QED) is 0.584. The Morgan fingerprint density at radius 2 is 1.75 bits per heavy atom. The van der Waals surface area contributed by atoms with Crippen LogP contribution in [0.5, 0.6) is 0 Å². The number of amides is 1. The third-order valence-corrected chi connectivity index (χ3v) is 2.86. The lowest BCUT2D eigenvalue weighted by atomic mass is 10.1. The second kappa shape index (κ2) is 8.53. The second-order valence-corrected chi connectivity index (χ2v) is 4.21. The van der Waals surface area contributed by atoms with Crippen molar-refractivity contribution in [2.45, 2.75) is 65.1 Å². The van der Waals surface area contributed by atoms with E-state index in [1.807, 2.05) is 13.8 Å². The van der Waals surface area contributed by atoms with E-state index in [0.29, 0.717) is 13.0 Å². The van der Waals surface area contributed by atoms with Crippen LogP contribution in [-0.2, 0) is 4.79 Å². The van der Waals surface area contributed by atoms with Crippen molar-refractivity contribution in [1.82, 2.24) is 10.6 Å². The molecule has 0 aliphatic heterocycles. The van der Waals surface area contributed by atoms with E-state index in [9.17, 15) is 9.90 Å². The predicted molar refractivity (Wildman–Crippen MR) is 66.3 cm³/mol. The van der Waals surface area contributed by atoms with Gasteiger partial charge in [-0.15, -0.1) is 0 Å².